The third-order valence-electron chi connectivity index (χ3n) is 4.71. The van der Waals surface area contributed by atoms with Gasteiger partial charge in [0.1, 0.15) is 0 Å². The van der Waals surface area contributed by atoms with Crippen LogP contribution in [0.4, 0.5) is 11.4 Å². The van der Waals surface area contributed by atoms with Gasteiger partial charge in [0.25, 0.3) is 0 Å². The number of nitrogens with one attached hydrogen (secondary N) is 1. The van der Waals surface area contributed by atoms with Crippen LogP contribution < -0.4 is 10.2 Å². The number of para-hydroxylation sites is 1. The van der Waals surface area contributed by atoms with Crippen LogP contribution in [0, 0.1) is 0 Å². The molecule has 152 valence electrons. The second-order valence-corrected chi connectivity index (χ2v) is 7.66. The molecule has 1 amide bonds. The lowest BCUT2D eigenvalue weighted by molar-refractivity contribution is -0.115. The summed E-state index contributed by atoms with van der Waals surface area (Å²) in [6.45, 7) is 6.28. The third kappa shape index (κ3) is 5.38. The maximum Gasteiger partial charge on any atom is 0.225 e. The molecule has 7 heteroatoms. The van der Waals surface area contributed by atoms with Crippen molar-refractivity contribution in [2.24, 2.45) is 7.05 Å². The first-order valence-corrected chi connectivity index (χ1v) is 10.8. The fourth-order valence-corrected chi connectivity index (χ4v) is 3.93. The molecular formula is C22H27N5OS. The van der Waals surface area contributed by atoms with E-state index >= 15 is 0 Å². The average molecular weight is 410 g/mol. The van der Waals surface area contributed by atoms with E-state index < -0.39 is 0 Å². The molecule has 1 aromatic heterocycles. The molecule has 0 spiro atoms. The first kappa shape index (κ1) is 20.9. The lowest BCUT2D eigenvalue weighted by atomic mass is 10.2. The molecule has 0 bridgehead atoms. The Hall–Kier alpha value is -2.80. The maximum atomic E-state index is 12.1. The van der Waals surface area contributed by atoms with Gasteiger partial charge < -0.3 is 14.8 Å². The van der Waals surface area contributed by atoms with Crippen LogP contribution in [0.3, 0.4) is 0 Å². The highest BCUT2D eigenvalue weighted by molar-refractivity contribution is 7.99. The van der Waals surface area contributed by atoms with Gasteiger partial charge in [-0.2, -0.15) is 0 Å². The summed E-state index contributed by atoms with van der Waals surface area (Å²) in [5.74, 6) is 1.47. The predicted octanol–water partition coefficient (Wildman–Crippen LogP) is 4.45. The van der Waals surface area contributed by atoms with Gasteiger partial charge in [-0.3, -0.25) is 4.79 Å². The monoisotopic (exact) mass is 409 g/mol. The van der Waals surface area contributed by atoms with Crippen LogP contribution in [0.25, 0.3) is 11.4 Å². The molecule has 0 saturated carbocycles. The van der Waals surface area contributed by atoms with Crippen LogP contribution in [-0.4, -0.2) is 39.5 Å². The number of carbonyl (C=O) groups excluding carboxylic acids is 1. The van der Waals surface area contributed by atoms with E-state index in [1.54, 1.807) is 0 Å². The Labute approximate surface area is 176 Å². The lowest BCUT2D eigenvalue weighted by Gasteiger charge is -2.21. The Morgan fingerprint density at radius 3 is 2.38 bits per heavy atom. The molecule has 0 radical (unpaired) electrons. The Kier molecular flexibility index (Phi) is 7.30. The molecule has 29 heavy (non-hydrogen) atoms. The largest absolute Gasteiger partial charge is 0.372 e. The highest BCUT2D eigenvalue weighted by Gasteiger charge is 2.12. The van der Waals surface area contributed by atoms with E-state index in [0.29, 0.717) is 12.2 Å². The van der Waals surface area contributed by atoms with Crippen molar-refractivity contribution < 1.29 is 4.79 Å². The Balaban J connectivity index is 1.57. The summed E-state index contributed by atoms with van der Waals surface area (Å²) in [4.78, 5) is 14.4. The van der Waals surface area contributed by atoms with Crippen LogP contribution in [0.1, 0.15) is 20.3 Å². The van der Waals surface area contributed by atoms with E-state index in [9.17, 15) is 4.79 Å². The molecule has 0 aliphatic carbocycles. The molecular weight excluding hydrogens is 382 g/mol. The normalized spacial score (nSPS) is 10.7. The highest BCUT2D eigenvalue weighted by atomic mass is 32.2. The number of carbonyl (C=O) groups is 1. The van der Waals surface area contributed by atoms with Gasteiger partial charge in [0.05, 0.1) is 0 Å². The molecule has 1 N–H and O–H groups in total. The number of hydrogen-bond donors (Lipinski definition) is 1. The second-order valence-electron chi connectivity index (χ2n) is 6.60. The smallest absolute Gasteiger partial charge is 0.225 e. The van der Waals surface area contributed by atoms with Crippen molar-refractivity contribution in [3.8, 4) is 11.4 Å². The van der Waals surface area contributed by atoms with Gasteiger partial charge in [0, 0.05) is 49.2 Å². The van der Waals surface area contributed by atoms with Crippen molar-refractivity contribution in [1.29, 1.82) is 0 Å². The predicted molar refractivity (Wildman–Crippen MR) is 120 cm³/mol. The number of anilines is 2. The number of nitrogens with zero attached hydrogens (tertiary/aromatic N) is 4. The Bertz CT molecular complexity index is 920. The number of rotatable bonds is 9. The van der Waals surface area contributed by atoms with Crippen molar-refractivity contribution in [3.63, 3.8) is 0 Å². The molecule has 0 fully saturated rings. The minimum absolute atomic E-state index is 0.00177. The van der Waals surface area contributed by atoms with Crippen LogP contribution >= 0.6 is 11.8 Å². The Morgan fingerprint density at radius 2 is 1.72 bits per heavy atom. The van der Waals surface area contributed by atoms with E-state index in [1.807, 2.05) is 41.9 Å². The minimum atomic E-state index is -0.00177. The number of amides is 1. The molecule has 3 aromatic rings. The van der Waals surface area contributed by atoms with E-state index in [1.165, 1.54) is 17.4 Å². The van der Waals surface area contributed by atoms with Crippen LogP contribution in [0.5, 0.6) is 0 Å². The van der Waals surface area contributed by atoms with Crippen molar-refractivity contribution in [2.45, 2.75) is 25.4 Å². The van der Waals surface area contributed by atoms with Crippen LogP contribution in [-0.2, 0) is 11.8 Å². The summed E-state index contributed by atoms with van der Waals surface area (Å²) in [5, 5.41) is 12.3. The molecule has 0 saturated heterocycles. The van der Waals surface area contributed by atoms with Crippen molar-refractivity contribution >= 4 is 29.0 Å². The van der Waals surface area contributed by atoms with Gasteiger partial charge in [-0.15, -0.1) is 10.2 Å². The quantitative estimate of drug-likeness (QED) is 0.529. The fourth-order valence-electron chi connectivity index (χ4n) is 3.08. The highest BCUT2D eigenvalue weighted by Crippen LogP contribution is 2.25. The third-order valence-corrected chi connectivity index (χ3v) is 5.73. The second kappa shape index (κ2) is 10.1. The number of aromatic nitrogens is 3. The molecule has 0 atom stereocenters. The van der Waals surface area contributed by atoms with Gasteiger partial charge in [0.2, 0.25) is 5.91 Å². The first-order chi connectivity index (χ1) is 14.1. The average Bonchev–Trinajstić information content (AvgIpc) is 3.11. The zero-order chi connectivity index (χ0) is 20.6. The van der Waals surface area contributed by atoms with Gasteiger partial charge in [-0.05, 0) is 50.2 Å². The fraction of sp³-hybridized carbons (Fsp3) is 0.318. The summed E-state index contributed by atoms with van der Waals surface area (Å²) in [5.41, 5.74) is 3.06. The molecule has 6 nitrogen and oxygen atoms in total. The first-order valence-electron chi connectivity index (χ1n) is 9.84. The van der Waals surface area contributed by atoms with Gasteiger partial charge in [0.15, 0.2) is 11.0 Å². The minimum Gasteiger partial charge on any atom is -0.372 e. The lowest BCUT2D eigenvalue weighted by Crippen LogP contribution is -2.21. The van der Waals surface area contributed by atoms with E-state index in [0.717, 1.165) is 35.3 Å². The standard InChI is InChI=1S/C22H27N5OS/c1-4-27(5-2)19-13-11-17(12-14-19)21-24-25-22(26(21)3)29-16-15-20(28)23-18-9-7-6-8-10-18/h6-14H,4-5,15-16H2,1-3H3,(H,23,28). The summed E-state index contributed by atoms with van der Waals surface area (Å²) in [7, 11) is 1.96. The number of benzene rings is 2. The summed E-state index contributed by atoms with van der Waals surface area (Å²) < 4.78 is 1.98. The summed E-state index contributed by atoms with van der Waals surface area (Å²) in [6, 6.07) is 17.9. The molecule has 0 unspecified atom stereocenters. The summed E-state index contributed by atoms with van der Waals surface area (Å²) in [6.07, 6.45) is 0.417. The SMILES string of the molecule is CCN(CC)c1ccc(-c2nnc(SCCC(=O)Nc3ccccc3)n2C)cc1. The van der Waals surface area contributed by atoms with E-state index in [2.05, 4.69) is 58.5 Å². The topological polar surface area (TPSA) is 63.1 Å². The zero-order valence-electron chi connectivity index (χ0n) is 17.1. The Morgan fingerprint density at radius 1 is 1.03 bits per heavy atom. The zero-order valence-corrected chi connectivity index (χ0v) is 17.9. The molecule has 3 rings (SSSR count). The van der Waals surface area contributed by atoms with E-state index in [-0.39, 0.29) is 5.91 Å². The van der Waals surface area contributed by atoms with Gasteiger partial charge in [-0.1, -0.05) is 30.0 Å². The van der Waals surface area contributed by atoms with Crippen molar-refractivity contribution in [2.75, 3.05) is 29.1 Å². The summed E-state index contributed by atoms with van der Waals surface area (Å²) >= 11 is 1.54. The number of thioether (sulfide) groups is 1. The molecule has 0 aliphatic rings. The molecule has 2 aromatic carbocycles. The van der Waals surface area contributed by atoms with Crippen molar-refractivity contribution in [3.05, 3.63) is 54.6 Å². The van der Waals surface area contributed by atoms with Crippen LogP contribution in [0.2, 0.25) is 0 Å². The van der Waals surface area contributed by atoms with Crippen molar-refractivity contribution in [1.82, 2.24) is 14.8 Å². The maximum absolute atomic E-state index is 12.1. The van der Waals surface area contributed by atoms with E-state index in [4.69, 9.17) is 0 Å². The molecule has 0 aliphatic heterocycles. The molecule has 1 heterocycles. The van der Waals surface area contributed by atoms with Gasteiger partial charge in [-0.25, -0.2) is 0 Å². The number of hydrogen-bond acceptors (Lipinski definition) is 5. The van der Waals surface area contributed by atoms with Gasteiger partial charge >= 0.3 is 0 Å². The van der Waals surface area contributed by atoms with Crippen LogP contribution in [0.15, 0.2) is 59.8 Å².